The first kappa shape index (κ1) is 18.0. The monoisotopic (exact) mass is 375 g/mol. The van der Waals surface area contributed by atoms with E-state index in [0.29, 0.717) is 36.2 Å². The first-order chi connectivity index (χ1) is 13.6. The van der Waals surface area contributed by atoms with Crippen LogP contribution in [0.4, 0.5) is 0 Å². The molecule has 4 rings (SSSR count). The number of hydrogen-bond donors (Lipinski definition) is 1. The summed E-state index contributed by atoms with van der Waals surface area (Å²) in [6.07, 6.45) is 2.89. The molecule has 1 amide bonds. The Morgan fingerprint density at radius 1 is 1.11 bits per heavy atom. The fourth-order valence-electron chi connectivity index (χ4n) is 3.68. The number of nitrogens with zero attached hydrogens (tertiary/aromatic N) is 2. The van der Waals surface area contributed by atoms with Crippen molar-refractivity contribution >= 4 is 22.5 Å². The van der Waals surface area contributed by atoms with E-state index in [1.165, 1.54) is 15.7 Å². The first-order valence-electron chi connectivity index (χ1n) is 9.39. The highest BCUT2D eigenvalue weighted by Gasteiger charge is 2.20. The molecule has 1 N–H and O–H groups in total. The highest BCUT2D eigenvalue weighted by atomic mass is 16.2. The van der Waals surface area contributed by atoms with Gasteiger partial charge in [-0.2, -0.15) is 0 Å². The van der Waals surface area contributed by atoms with Crippen LogP contribution in [0, 0.1) is 0 Å². The topological polar surface area (TPSA) is 75.2 Å². The van der Waals surface area contributed by atoms with Gasteiger partial charge in [0.25, 0.3) is 5.91 Å². The van der Waals surface area contributed by atoms with Crippen LogP contribution in [0.25, 0.3) is 16.6 Å². The third-order valence-corrected chi connectivity index (χ3v) is 5.18. The Morgan fingerprint density at radius 3 is 2.57 bits per heavy atom. The summed E-state index contributed by atoms with van der Waals surface area (Å²) in [6.45, 7) is 3.39. The Morgan fingerprint density at radius 2 is 1.89 bits per heavy atom. The summed E-state index contributed by atoms with van der Waals surface area (Å²) < 4.78 is 1.41. The van der Waals surface area contributed by atoms with E-state index in [2.05, 4.69) is 23.2 Å². The van der Waals surface area contributed by atoms with Crippen molar-refractivity contribution < 1.29 is 4.79 Å². The molecule has 2 aromatic carbocycles. The normalized spacial score (nSPS) is 14.2. The number of carbonyl (C=O) groups is 1. The zero-order valence-electron chi connectivity index (χ0n) is 15.6. The van der Waals surface area contributed by atoms with Gasteiger partial charge in [-0.15, -0.1) is 0 Å². The molecule has 0 bridgehead atoms. The maximum atomic E-state index is 12.9. The fraction of sp³-hybridized carbons (Fsp3) is 0.227. The predicted octanol–water partition coefficient (Wildman–Crippen LogP) is 2.64. The molecule has 0 spiro atoms. The van der Waals surface area contributed by atoms with Gasteiger partial charge in [-0.3, -0.25) is 14.4 Å². The van der Waals surface area contributed by atoms with Gasteiger partial charge < -0.3 is 14.5 Å². The number of aryl methyl sites for hydroxylation is 1. The minimum atomic E-state index is -0.674. The number of amides is 1. The van der Waals surface area contributed by atoms with Gasteiger partial charge in [0.1, 0.15) is 0 Å². The van der Waals surface area contributed by atoms with Crippen LogP contribution in [0.5, 0.6) is 0 Å². The maximum absolute atomic E-state index is 12.9. The van der Waals surface area contributed by atoms with Gasteiger partial charge in [0.15, 0.2) is 0 Å². The lowest BCUT2D eigenvalue weighted by Gasteiger charge is -2.27. The minimum absolute atomic E-state index is 0.0830. The van der Waals surface area contributed by atoms with E-state index in [4.69, 9.17) is 0 Å². The Bertz CT molecular complexity index is 1190. The summed E-state index contributed by atoms with van der Waals surface area (Å²) in [5.74, 6) is -0.0830. The zero-order valence-corrected chi connectivity index (χ0v) is 15.6. The van der Waals surface area contributed by atoms with Crippen molar-refractivity contribution in [3.8, 4) is 0 Å². The summed E-state index contributed by atoms with van der Waals surface area (Å²) in [6, 6.07) is 15.3. The molecule has 142 valence electrons. The lowest BCUT2D eigenvalue weighted by atomic mass is 9.99. The molecule has 1 aliphatic heterocycles. The van der Waals surface area contributed by atoms with Crippen molar-refractivity contribution in [2.45, 2.75) is 19.9 Å². The number of H-pyrrole nitrogens is 1. The van der Waals surface area contributed by atoms with Crippen LogP contribution in [0.2, 0.25) is 0 Å². The predicted molar refractivity (Wildman–Crippen MR) is 109 cm³/mol. The minimum Gasteiger partial charge on any atom is -0.335 e. The van der Waals surface area contributed by atoms with Crippen LogP contribution in [0.3, 0.4) is 0 Å². The molecule has 3 aromatic rings. The number of aromatic amines is 1. The number of hydrogen-bond acceptors (Lipinski definition) is 3. The molecule has 6 heteroatoms. The molecule has 0 saturated heterocycles. The van der Waals surface area contributed by atoms with Gasteiger partial charge in [-0.1, -0.05) is 36.4 Å². The van der Waals surface area contributed by atoms with Gasteiger partial charge in [0, 0.05) is 25.2 Å². The molecule has 0 atom stereocenters. The molecule has 0 radical (unpaired) electrons. The van der Waals surface area contributed by atoms with Crippen LogP contribution in [-0.4, -0.2) is 33.4 Å². The largest absolute Gasteiger partial charge is 0.335 e. The van der Waals surface area contributed by atoms with Gasteiger partial charge in [0.05, 0.1) is 11.0 Å². The van der Waals surface area contributed by atoms with E-state index < -0.39 is 11.1 Å². The lowest BCUT2D eigenvalue weighted by molar-refractivity contribution is 0.0773. The standard InChI is InChI=1S/C22H21N3O3/c1-2-25-19-9-8-17(14-18(19)23-20(26)22(25)28)21(27)24-12-10-16(11-13-24)15-6-4-3-5-7-15/h3-10,14H,2,11-13H2,1H3,(H,23,26). The quantitative estimate of drug-likeness (QED) is 0.715. The van der Waals surface area contributed by atoms with Crippen molar-refractivity contribution in [2.75, 3.05) is 13.1 Å². The Hall–Kier alpha value is -3.41. The van der Waals surface area contributed by atoms with Gasteiger partial charge >= 0.3 is 11.1 Å². The fourth-order valence-corrected chi connectivity index (χ4v) is 3.68. The second kappa shape index (κ2) is 7.31. The molecule has 2 heterocycles. The van der Waals surface area contributed by atoms with Crippen molar-refractivity contribution in [3.05, 3.63) is 86.4 Å². The molecule has 0 aliphatic carbocycles. The average molecular weight is 375 g/mol. The third kappa shape index (κ3) is 3.17. The summed E-state index contributed by atoms with van der Waals surface area (Å²) in [5, 5.41) is 0. The van der Waals surface area contributed by atoms with E-state index in [1.807, 2.05) is 25.1 Å². The molecule has 0 fully saturated rings. The summed E-state index contributed by atoms with van der Waals surface area (Å²) >= 11 is 0. The summed E-state index contributed by atoms with van der Waals surface area (Å²) in [5.41, 5.74) is 2.80. The third-order valence-electron chi connectivity index (χ3n) is 5.18. The molecule has 1 aromatic heterocycles. The number of rotatable bonds is 3. The molecular weight excluding hydrogens is 354 g/mol. The summed E-state index contributed by atoms with van der Waals surface area (Å²) in [4.78, 5) is 41.1. The number of benzene rings is 2. The Balaban J connectivity index is 1.61. The molecule has 6 nitrogen and oxygen atoms in total. The van der Waals surface area contributed by atoms with Gasteiger partial charge in [-0.25, -0.2) is 0 Å². The van der Waals surface area contributed by atoms with E-state index in [1.54, 1.807) is 23.1 Å². The van der Waals surface area contributed by atoms with Crippen LogP contribution in [0.15, 0.2) is 64.2 Å². The van der Waals surface area contributed by atoms with E-state index in [-0.39, 0.29) is 5.91 Å². The Kier molecular flexibility index (Phi) is 4.69. The summed E-state index contributed by atoms with van der Waals surface area (Å²) in [7, 11) is 0. The number of aromatic nitrogens is 2. The number of carbonyl (C=O) groups excluding carboxylic acids is 1. The SMILES string of the molecule is CCn1c(=O)c(=O)[nH]c2cc(C(=O)N3CC=C(c4ccccc4)CC3)ccc21. The molecule has 0 unspecified atom stereocenters. The smallest absolute Gasteiger partial charge is 0.316 e. The molecule has 1 aliphatic rings. The van der Waals surface area contributed by atoms with E-state index >= 15 is 0 Å². The highest BCUT2D eigenvalue weighted by Crippen LogP contribution is 2.23. The van der Waals surface area contributed by atoms with Crippen molar-refractivity contribution in [3.63, 3.8) is 0 Å². The van der Waals surface area contributed by atoms with Crippen LogP contribution in [0.1, 0.15) is 29.3 Å². The molecule has 0 saturated carbocycles. The molecule has 28 heavy (non-hydrogen) atoms. The lowest BCUT2D eigenvalue weighted by Crippen LogP contribution is -2.36. The van der Waals surface area contributed by atoms with Crippen LogP contribution >= 0.6 is 0 Å². The van der Waals surface area contributed by atoms with Crippen molar-refractivity contribution in [2.24, 2.45) is 0 Å². The van der Waals surface area contributed by atoms with E-state index in [9.17, 15) is 14.4 Å². The number of nitrogens with one attached hydrogen (secondary N) is 1. The average Bonchev–Trinajstić information content (AvgIpc) is 2.74. The van der Waals surface area contributed by atoms with Crippen molar-refractivity contribution in [1.29, 1.82) is 0 Å². The number of fused-ring (bicyclic) bond motifs is 1. The second-order valence-corrected chi connectivity index (χ2v) is 6.83. The van der Waals surface area contributed by atoms with Crippen molar-refractivity contribution in [1.82, 2.24) is 14.5 Å². The first-order valence-corrected chi connectivity index (χ1v) is 9.39. The van der Waals surface area contributed by atoms with E-state index in [0.717, 1.165) is 6.42 Å². The van der Waals surface area contributed by atoms with Gasteiger partial charge in [0.2, 0.25) is 0 Å². The van der Waals surface area contributed by atoms with Gasteiger partial charge in [-0.05, 0) is 42.7 Å². The second-order valence-electron chi connectivity index (χ2n) is 6.83. The zero-order chi connectivity index (χ0) is 19.7. The molecular formula is C22H21N3O3. The van der Waals surface area contributed by atoms with Crippen LogP contribution in [-0.2, 0) is 6.54 Å². The maximum Gasteiger partial charge on any atom is 0.316 e. The van der Waals surface area contributed by atoms with Crippen LogP contribution < -0.4 is 11.1 Å². The Labute approximate surface area is 161 Å². The highest BCUT2D eigenvalue weighted by molar-refractivity contribution is 5.97.